The van der Waals surface area contributed by atoms with E-state index >= 15 is 0 Å². The van der Waals surface area contributed by atoms with Crippen molar-refractivity contribution in [2.45, 2.75) is 0 Å². The van der Waals surface area contributed by atoms with E-state index in [0.29, 0.717) is 0 Å². The van der Waals surface area contributed by atoms with Gasteiger partial charge in [0.15, 0.2) is 0 Å². The summed E-state index contributed by atoms with van der Waals surface area (Å²) in [6, 6.07) is 0. The molecule has 0 unspecified atom stereocenters. The standard InChI is InChI=1S/H2IO4P.Na.H/c1-5-6(2,3)4;;/h(H2,2,3,4);;. The Bertz CT molecular complexity index is 75.8. The predicted octanol–water partition coefficient (Wildman–Crippen LogP) is -0.203. The minimum absolute atomic E-state index is 0. The quantitative estimate of drug-likeness (QED) is 0.383. The summed E-state index contributed by atoms with van der Waals surface area (Å²) >= 11 is 1.13. The average molecular weight is 248 g/mol. The van der Waals surface area contributed by atoms with Crippen LogP contribution in [0.15, 0.2) is 0 Å². The van der Waals surface area contributed by atoms with Crippen molar-refractivity contribution in [3.05, 3.63) is 0 Å². The zero-order chi connectivity index (χ0) is 5.21. The van der Waals surface area contributed by atoms with Crippen LogP contribution < -0.4 is 0 Å². The zero-order valence-corrected chi connectivity index (χ0v) is 5.59. The second-order valence-corrected chi connectivity index (χ2v) is 2.86. The first-order valence-electron chi connectivity index (χ1n) is 0.919. The monoisotopic (exact) mass is 248 g/mol. The predicted molar refractivity (Wildman–Crippen MR) is 34.3 cm³/mol. The summed E-state index contributed by atoms with van der Waals surface area (Å²) in [5.41, 5.74) is 0. The Balaban J connectivity index is 0. The van der Waals surface area contributed by atoms with Crippen LogP contribution in [0.5, 0.6) is 0 Å². The van der Waals surface area contributed by atoms with Crippen molar-refractivity contribution in [1.29, 1.82) is 0 Å². The normalized spacial score (nSPS) is 10.1. The van der Waals surface area contributed by atoms with Crippen LogP contribution in [0.3, 0.4) is 0 Å². The third kappa shape index (κ3) is 11.4. The van der Waals surface area contributed by atoms with Crippen molar-refractivity contribution < 1.29 is 17.2 Å². The van der Waals surface area contributed by atoms with Gasteiger partial charge < -0.3 is 9.79 Å². The van der Waals surface area contributed by atoms with E-state index in [0.717, 1.165) is 23.0 Å². The van der Waals surface area contributed by atoms with E-state index in [1.54, 1.807) is 0 Å². The third-order valence-electron chi connectivity index (χ3n) is 0.0899. The first kappa shape index (κ1) is 11.6. The fraction of sp³-hybridized carbons (Fsp3) is 0. The van der Waals surface area contributed by atoms with Crippen molar-refractivity contribution in [1.82, 2.24) is 0 Å². The van der Waals surface area contributed by atoms with Gasteiger partial charge in [-0.05, 0) is 0 Å². The SMILES string of the molecule is O=P(O)(O)OI.[NaH]. The van der Waals surface area contributed by atoms with Crippen LogP contribution in [-0.2, 0) is 7.42 Å². The molecule has 0 atom stereocenters. The Morgan fingerprint density at radius 3 is 1.71 bits per heavy atom. The molecule has 2 N–H and O–H groups in total. The van der Waals surface area contributed by atoms with Crippen molar-refractivity contribution in [3.63, 3.8) is 0 Å². The summed E-state index contributed by atoms with van der Waals surface area (Å²) < 4.78 is 13.0. The van der Waals surface area contributed by atoms with Crippen LogP contribution in [0.2, 0.25) is 0 Å². The van der Waals surface area contributed by atoms with Crippen LogP contribution in [0.4, 0.5) is 0 Å². The topological polar surface area (TPSA) is 66.8 Å². The van der Waals surface area contributed by atoms with Gasteiger partial charge in [0.05, 0.1) is 0 Å². The number of phosphoric acid groups is 1. The van der Waals surface area contributed by atoms with Gasteiger partial charge in [0.1, 0.15) is 23.0 Å². The Hall–Kier alpha value is 1.84. The van der Waals surface area contributed by atoms with Gasteiger partial charge in [0.25, 0.3) is 0 Å². The van der Waals surface area contributed by atoms with E-state index in [2.05, 4.69) is 2.85 Å². The molecule has 0 aliphatic rings. The van der Waals surface area contributed by atoms with Crippen LogP contribution in [0.25, 0.3) is 0 Å². The van der Waals surface area contributed by atoms with Gasteiger partial charge in [-0.3, -0.25) is 0 Å². The minimum atomic E-state index is -4.16. The molecule has 0 radical (unpaired) electrons. The van der Waals surface area contributed by atoms with Gasteiger partial charge in [-0.25, -0.2) is 7.42 Å². The molecule has 0 rings (SSSR count). The summed E-state index contributed by atoms with van der Waals surface area (Å²) in [6.45, 7) is 0. The molecular formula is H3INaO4P. The first-order chi connectivity index (χ1) is 2.56. The van der Waals surface area contributed by atoms with Crippen molar-refractivity contribution in [2.75, 3.05) is 0 Å². The molecule has 0 aromatic carbocycles. The van der Waals surface area contributed by atoms with E-state index in [4.69, 9.17) is 9.79 Å². The fourth-order valence-corrected chi connectivity index (χ4v) is 0. The van der Waals surface area contributed by atoms with Crippen molar-refractivity contribution in [3.8, 4) is 0 Å². The maximum absolute atomic E-state index is 9.46. The molecule has 7 heteroatoms. The second kappa shape index (κ2) is 4.69. The fourth-order valence-electron chi connectivity index (χ4n) is 0. The summed E-state index contributed by atoms with van der Waals surface area (Å²) in [4.78, 5) is 15.4. The molecule has 0 fully saturated rings. The van der Waals surface area contributed by atoms with E-state index < -0.39 is 7.82 Å². The van der Waals surface area contributed by atoms with Gasteiger partial charge in [-0.1, -0.05) is 0 Å². The van der Waals surface area contributed by atoms with E-state index in [9.17, 15) is 4.57 Å². The molecule has 0 spiro atoms. The van der Waals surface area contributed by atoms with Gasteiger partial charge in [-0.2, -0.15) is 0 Å². The van der Waals surface area contributed by atoms with E-state index in [1.165, 1.54) is 0 Å². The first-order valence-corrected chi connectivity index (χ1v) is 3.33. The zero-order valence-electron chi connectivity index (χ0n) is 2.54. The molecule has 0 amide bonds. The van der Waals surface area contributed by atoms with E-state index in [-0.39, 0.29) is 29.6 Å². The maximum atomic E-state index is 9.46. The van der Waals surface area contributed by atoms with Crippen LogP contribution in [-0.4, -0.2) is 39.3 Å². The summed E-state index contributed by atoms with van der Waals surface area (Å²) in [5.74, 6) is 0. The molecule has 0 aromatic rings. The molecule has 0 saturated carbocycles. The summed E-state index contributed by atoms with van der Waals surface area (Å²) in [7, 11) is -4.16. The molecule has 0 saturated heterocycles. The second-order valence-electron chi connectivity index (χ2n) is 0.560. The Labute approximate surface area is 76.9 Å². The third-order valence-corrected chi connectivity index (χ3v) is 1.81. The Morgan fingerprint density at radius 1 is 1.57 bits per heavy atom. The summed E-state index contributed by atoms with van der Waals surface area (Å²) in [6.07, 6.45) is 0. The van der Waals surface area contributed by atoms with Crippen LogP contribution in [0, 0.1) is 0 Å². The molecule has 0 aromatic heterocycles. The summed E-state index contributed by atoms with van der Waals surface area (Å²) in [5, 5.41) is 0. The molecule has 0 heterocycles. The number of hydrogen-bond acceptors (Lipinski definition) is 2. The number of rotatable bonds is 1. The van der Waals surface area contributed by atoms with Gasteiger partial charge in [0.2, 0.25) is 0 Å². The molecule has 0 bridgehead atoms. The number of halogens is 1. The molecule has 0 aliphatic heterocycles. The Morgan fingerprint density at radius 2 is 1.71 bits per heavy atom. The Kier molecular flexibility index (Phi) is 7.79. The van der Waals surface area contributed by atoms with Gasteiger partial charge in [-0.15, -0.1) is 0 Å². The molecular weight excluding hydrogens is 245 g/mol. The van der Waals surface area contributed by atoms with E-state index in [1.807, 2.05) is 0 Å². The molecule has 4 nitrogen and oxygen atoms in total. The van der Waals surface area contributed by atoms with Crippen LogP contribution >= 0.6 is 30.8 Å². The molecule has 0 aliphatic carbocycles. The van der Waals surface area contributed by atoms with Gasteiger partial charge in [0, 0.05) is 0 Å². The molecule has 40 valence electrons. The van der Waals surface area contributed by atoms with Crippen LogP contribution in [0.1, 0.15) is 0 Å². The van der Waals surface area contributed by atoms with Gasteiger partial charge >= 0.3 is 37.4 Å². The molecule has 7 heavy (non-hydrogen) atoms. The number of hydrogen-bond donors (Lipinski definition) is 2. The van der Waals surface area contributed by atoms with Crippen molar-refractivity contribution in [2.24, 2.45) is 0 Å². The van der Waals surface area contributed by atoms with Crippen molar-refractivity contribution >= 4 is 60.4 Å². The average Bonchev–Trinajstić information content (AvgIpc) is 1.35.